The monoisotopic (exact) mass is 389 g/mol. The van der Waals surface area contributed by atoms with E-state index in [2.05, 4.69) is 10.1 Å². The van der Waals surface area contributed by atoms with E-state index in [1.54, 1.807) is 7.11 Å². The van der Waals surface area contributed by atoms with Crippen LogP contribution in [0.5, 0.6) is 17.2 Å². The minimum Gasteiger partial charge on any atom is -0.504 e. The fourth-order valence-corrected chi connectivity index (χ4v) is 2.54. The second-order valence-electron chi connectivity index (χ2n) is 6.09. The number of nitrogens with one attached hydrogen (secondary N) is 1. The number of aryl methyl sites for hydroxylation is 1. The van der Waals surface area contributed by atoms with Crippen LogP contribution in [0.3, 0.4) is 0 Å². The molecule has 0 aliphatic heterocycles. The highest BCUT2D eigenvalue weighted by Crippen LogP contribution is 2.29. The number of ether oxygens (including phenoxy) is 2. The van der Waals surface area contributed by atoms with Crippen LogP contribution in [0.1, 0.15) is 23.7 Å². The number of aromatic hydroxyl groups is 1. The number of methoxy groups -OCH3 is 1. The summed E-state index contributed by atoms with van der Waals surface area (Å²) in [6.07, 6.45) is 0.891. The molecule has 8 nitrogen and oxygen atoms in total. The number of esters is 1. The molecule has 8 heteroatoms. The van der Waals surface area contributed by atoms with E-state index in [1.807, 2.05) is 24.3 Å². The van der Waals surface area contributed by atoms with Crippen LogP contribution in [-0.4, -0.2) is 47.5 Å². The summed E-state index contributed by atoms with van der Waals surface area (Å²) in [7, 11) is 1.63. The Morgan fingerprint density at radius 1 is 1.14 bits per heavy atom. The van der Waals surface area contributed by atoms with Gasteiger partial charge in [0.2, 0.25) is 0 Å². The van der Waals surface area contributed by atoms with Crippen molar-refractivity contribution in [3.05, 3.63) is 53.6 Å². The van der Waals surface area contributed by atoms with Crippen LogP contribution < -0.4 is 14.8 Å². The first kappa shape index (κ1) is 21.2. The Kier molecular flexibility index (Phi) is 7.79. The van der Waals surface area contributed by atoms with Gasteiger partial charge in [0.1, 0.15) is 5.75 Å². The van der Waals surface area contributed by atoms with Crippen molar-refractivity contribution in [3.63, 3.8) is 0 Å². The summed E-state index contributed by atoms with van der Waals surface area (Å²) >= 11 is 0. The topological polar surface area (TPSA) is 125 Å². The van der Waals surface area contributed by atoms with Crippen LogP contribution in [0.4, 0.5) is 0 Å². The molecule has 0 bridgehead atoms. The Morgan fingerprint density at radius 3 is 2.46 bits per heavy atom. The third kappa shape index (κ3) is 6.26. The molecule has 150 valence electrons. The van der Waals surface area contributed by atoms with Crippen molar-refractivity contribution in [1.82, 2.24) is 5.32 Å². The van der Waals surface area contributed by atoms with E-state index in [4.69, 9.17) is 9.84 Å². The fraction of sp³-hybridized carbons (Fsp3) is 0.300. The molecule has 0 aliphatic rings. The van der Waals surface area contributed by atoms with Crippen LogP contribution >= 0.6 is 0 Å². The average molecular weight is 389 g/mol. The zero-order valence-electron chi connectivity index (χ0n) is 15.4. The first-order chi connectivity index (χ1) is 13.4. The van der Waals surface area contributed by atoms with Crippen LogP contribution in [0.25, 0.3) is 0 Å². The number of aliphatic carboxylic acids is 1. The zero-order chi connectivity index (χ0) is 20.5. The molecule has 2 aromatic carbocycles. The van der Waals surface area contributed by atoms with Gasteiger partial charge in [0.25, 0.3) is 0 Å². The summed E-state index contributed by atoms with van der Waals surface area (Å²) in [5.74, 6) is -3.15. The highest BCUT2D eigenvalue weighted by molar-refractivity contribution is 6.29. The molecule has 0 amide bonds. The number of aliphatic hydroxyl groups is 1. The molecule has 0 aliphatic carbocycles. The molecule has 0 radical (unpaired) electrons. The van der Waals surface area contributed by atoms with E-state index in [0.29, 0.717) is 12.1 Å². The molecule has 1 unspecified atom stereocenters. The lowest BCUT2D eigenvalue weighted by atomic mass is 10.1. The Hall–Kier alpha value is -3.10. The summed E-state index contributed by atoms with van der Waals surface area (Å²) in [6.45, 7) is 0.972. The van der Waals surface area contributed by atoms with Crippen molar-refractivity contribution in [3.8, 4) is 17.2 Å². The van der Waals surface area contributed by atoms with Gasteiger partial charge in [-0.15, -0.1) is 0 Å². The number of phenolic OH excluding ortho intramolecular Hbond substituents is 1. The van der Waals surface area contributed by atoms with Crippen molar-refractivity contribution >= 4 is 11.9 Å². The van der Waals surface area contributed by atoms with Gasteiger partial charge in [0.05, 0.1) is 13.2 Å². The van der Waals surface area contributed by atoms with Crippen LogP contribution in [-0.2, 0) is 16.0 Å². The third-order valence-electron chi connectivity index (χ3n) is 4.06. The number of carboxylic acid groups (broad SMARTS) is 1. The molecule has 0 saturated heterocycles. The van der Waals surface area contributed by atoms with Crippen LogP contribution in [0.15, 0.2) is 42.5 Å². The predicted octanol–water partition coefficient (Wildman–Crippen LogP) is 1.65. The fourth-order valence-electron chi connectivity index (χ4n) is 2.54. The molecule has 1 atom stereocenters. The minimum atomic E-state index is -1.76. The number of hydrogen-bond acceptors (Lipinski definition) is 7. The summed E-state index contributed by atoms with van der Waals surface area (Å²) in [6, 6.07) is 11.8. The molecule has 0 fully saturated rings. The van der Waals surface area contributed by atoms with Crippen LogP contribution in [0, 0.1) is 0 Å². The van der Waals surface area contributed by atoms with E-state index in [-0.39, 0.29) is 12.3 Å². The number of phenols is 1. The van der Waals surface area contributed by atoms with Crippen molar-refractivity contribution in [2.75, 3.05) is 20.2 Å². The number of hydrogen-bond donors (Lipinski definition) is 4. The number of benzene rings is 2. The normalized spacial score (nSPS) is 11.6. The summed E-state index contributed by atoms with van der Waals surface area (Å²) in [5, 5.41) is 31.7. The number of rotatable bonds is 9. The lowest BCUT2D eigenvalue weighted by molar-refractivity contribution is -0.158. The van der Waals surface area contributed by atoms with Gasteiger partial charge in [-0.1, -0.05) is 18.2 Å². The molecule has 2 aromatic rings. The standard InChI is InChI=1S/C20H23NO7/c1-27-15-7-4-13(5-8-15)3-2-10-21-12-17(23)14-6-9-18(16(22)11-14)28-20(26)19(24)25/h4-9,11,17,21-23H,2-3,10,12H2,1H3,(H,24,25). The smallest absolute Gasteiger partial charge is 0.422 e. The van der Waals surface area contributed by atoms with Gasteiger partial charge in [0.15, 0.2) is 11.5 Å². The Morgan fingerprint density at radius 2 is 1.86 bits per heavy atom. The third-order valence-corrected chi connectivity index (χ3v) is 4.06. The van der Waals surface area contributed by atoms with E-state index >= 15 is 0 Å². The molecular formula is C20H23NO7. The minimum absolute atomic E-state index is 0.274. The lowest BCUT2D eigenvalue weighted by Gasteiger charge is -2.14. The maximum absolute atomic E-state index is 11.0. The van der Waals surface area contributed by atoms with Crippen molar-refractivity contribution in [2.45, 2.75) is 18.9 Å². The first-order valence-electron chi connectivity index (χ1n) is 8.70. The number of carboxylic acids is 1. The number of carbonyl (C=O) groups is 2. The molecule has 28 heavy (non-hydrogen) atoms. The zero-order valence-corrected chi connectivity index (χ0v) is 15.4. The van der Waals surface area contributed by atoms with Crippen LogP contribution in [0.2, 0.25) is 0 Å². The van der Waals surface area contributed by atoms with Gasteiger partial charge in [-0.25, -0.2) is 9.59 Å². The van der Waals surface area contributed by atoms with E-state index < -0.39 is 23.8 Å². The summed E-state index contributed by atoms with van der Waals surface area (Å²) in [5.41, 5.74) is 1.61. The van der Waals surface area contributed by atoms with Gasteiger partial charge < -0.3 is 30.1 Å². The highest BCUT2D eigenvalue weighted by atomic mass is 16.6. The largest absolute Gasteiger partial charge is 0.504 e. The highest BCUT2D eigenvalue weighted by Gasteiger charge is 2.17. The second kappa shape index (κ2) is 10.3. The molecule has 0 heterocycles. The SMILES string of the molecule is COc1ccc(CCCNCC(O)c2ccc(OC(=O)C(=O)O)c(O)c2)cc1. The molecule has 4 N–H and O–H groups in total. The predicted molar refractivity (Wildman–Crippen MR) is 101 cm³/mol. The van der Waals surface area contributed by atoms with Gasteiger partial charge in [-0.05, 0) is 54.8 Å². The van der Waals surface area contributed by atoms with E-state index in [0.717, 1.165) is 18.6 Å². The molecule has 2 rings (SSSR count). The Bertz CT molecular complexity index is 805. The quantitative estimate of drug-likeness (QED) is 0.221. The van der Waals surface area contributed by atoms with Gasteiger partial charge in [-0.2, -0.15) is 0 Å². The first-order valence-corrected chi connectivity index (χ1v) is 8.70. The summed E-state index contributed by atoms with van der Waals surface area (Å²) < 4.78 is 9.63. The molecular weight excluding hydrogens is 366 g/mol. The average Bonchev–Trinajstić information content (AvgIpc) is 2.69. The Labute approximate surface area is 162 Å². The van der Waals surface area contributed by atoms with E-state index in [9.17, 15) is 19.8 Å². The molecule has 0 aromatic heterocycles. The van der Waals surface area contributed by atoms with Gasteiger partial charge in [0, 0.05) is 6.54 Å². The number of carbonyl (C=O) groups excluding carboxylic acids is 1. The Balaban J connectivity index is 1.76. The second-order valence-corrected chi connectivity index (χ2v) is 6.09. The van der Waals surface area contributed by atoms with Gasteiger partial charge in [-0.3, -0.25) is 0 Å². The molecule has 0 spiro atoms. The van der Waals surface area contributed by atoms with Crippen molar-refractivity contribution in [2.24, 2.45) is 0 Å². The molecule has 0 saturated carbocycles. The van der Waals surface area contributed by atoms with Crippen molar-refractivity contribution in [1.29, 1.82) is 0 Å². The van der Waals surface area contributed by atoms with Crippen molar-refractivity contribution < 1.29 is 34.4 Å². The summed E-state index contributed by atoms with van der Waals surface area (Å²) in [4.78, 5) is 21.5. The van der Waals surface area contributed by atoms with Gasteiger partial charge >= 0.3 is 11.9 Å². The van der Waals surface area contributed by atoms with E-state index in [1.165, 1.54) is 23.8 Å². The maximum atomic E-state index is 11.0. The lowest BCUT2D eigenvalue weighted by Crippen LogP contribution is -2.23. The maximum Gasteiger partial charge on any atom is 0.422 e. The number of aliphatic hydroxyl groups excluding tert-OH is 1.